The lowest BCUT2D eigenvalue weighted by Crippen LogP contribution is -1.93. The molecule has 0 N–H and O–H groups in total. The number of pyridine rings is 1. The van der Waals surface area contributed by atoms with Gasteiger partial charge in [0.05, 0.1) is 11.2 Å². The summed E-state index contributed by atoms with van der Waals surface area (Å²) in [5, 5.41) is 1.19. The summed E-state index contributed by atoms with van der Waals surface area (Å²) in [5.41, 5.74) is 9.68. The molecule has 4 aromatic carbocycles. The summed E-state index contributed by atoms with van der Waals surface area (Å²) in [5.74, 6) is 0. The van der Waals surface area contributed by atoms with Crippen LogP contribution in [-0.4, -0.2) is 4.98 Å². The molecule has 0 saturated heterocycles. The highest BCUT2D eigenvalue weighted by molar-refractivity contribution is 5.96. The van der Waals surface area contributed by atoms with Crippen molar-refractivity contribution in [3.8, 4) is 33.5 Å². The van der Waals surface area contributed by atoms with Crippen molar-refractivity contribution in [2.45, 2.75) is 39.0 Å². The molecule has 0 bridgehead atoms. The van der Waals surface area contributed by atoms with Crippen LogP contribution < -0.4 is 0 Å². The van der Waals surface area contributed by atoms with Gasteiger partial charge in [-0.15, -0.1) is 0 Å². The van der Waals surface area contributed by atoms with Crippen LogP contribution in [0.2, 0.25) is 0 Å². The second-order valence-corrected chi connectivity index (χ2v) is 8.99. The fraction of sp³-hybridized carbons (Fsp3) is 0.182. The molecule has 0 amide bonds. The van der Waals surface area contributed by atoms with Gasteiger partial charge in [0.2, 0.25) is 0 Å². The third kappa shape index (κ3) is 4.79. The van der Waals surface area contributed by atoms with E-state index >= 15 is 0 Å². The maximum absolute atomic E-state index is 5.06. The Morgan fingerprint density at radius 1 is 0.559 bits per heavy atom. The summed E-state index contributed by atoms with van der Waals surface area (Å²) in [6.07, 6.45) is 6.26. The molecule has 0 radical (unpaired) electrons. The van der Waals surface area contributed by atoms with Gasteiger partial charge in [-0.05, 0) is 58.9 Å². The van der Waals surface area contributed by atoms with E-state index in [2.05, 4.69) is 116 Å². The van der Waals surface area contributed by atoms with Crippen LogP contribution in [0.15, 0.2) is 109 Å². The summed E-state index contributed by atoms with van der Waals surface area (Å²) < 4.78 is 0. The minimum absolute atomic E-state index is 1.01. The molecule has 0 fully saturated rings. The number of fused-ring (bicyclic) bond motifs is 1. The number of hydrogen-bond donors (Lipinski definition) is 0. The molecule has 34 heavy (non-hydrogen) atoms. The Balaban J connectivity index is 1.56. The van der Waals surface area contributed by atoms with Gasteiger partial charge < -0.3 is 0 Å². The molecule has 5 rings (SSSR count). The number of rotatable bonds is 8. The second kappa shape index (κ2) is 10.5. The second-order valence-electron chi connectivity index (χ2n) is 8.99. The first-order valence-corrected chi connectivity index (χ1v) is 12.5. The van der Waals surface area contributed by atoms with Gasteiger partial charge in [0.15, 0.2) is 0 Å². The molecule has 0 unspecified atom stereocenters. The summed E-state index contributed by atoms with van der Waals surface area (Å²) in [6.45, 7) is 2.27. The maximum atomic E-state index is 5.06. The van der Waals surface area contributed by atoms with Crippen molar-refractivity contribution < 1.29 is 0 Å². The Hall–Kier alpha value is -3.71. The first-order valence-electron chi connectivity index (χ1n) is 12.5. The van der Waals surface area contributed by atoms with Crippen molar-refractivity contribution in [1.82, 2.24) is 4.98 Å². The number of unbranched alkanes of at least 4 members (excludes halogenated alkanes) is 3. The molecule has 1 heterocycles. The Bertz CT molecular complexity index is 1380. The van der Waals surface area contributed by atoms with E-state index in [1.165, 1.54) is 58.9 Å². The molecule has 0 saturated carbocycles. The summed E-state index contributed by atoms with van der Waals surface area (Å²) in [4.78, 5) is 5.06. The molecule has 0 aliphatic heterocycles. The lowest BCUT2D eigenvalue weighted by Gasteiger charge is -2.13. The number of aryl methyl sites for hydroxylation is 1. The quantitative estimate of drug-likeness (QED) is 0.219. The Morgan fingerprint density at radius 2 is 1.29 bits per heavy atom. The molecule has 0 atom stereocenters. The Kier molecular flexibility index (Phi) is 6.81. The van der Waals surface area contributed by atoms with E-state index in [1.807, 2.05) is 0 Å². The van der Waals surface area contributed by atoms with Gasteiger partial charge in [-0.25, -0.2) is 4.98 Å². The highest BCUT2D eigenvalue weighted by Crippen LogP contribution is 2.34. The Labute approximate surface area is 203 Å². The summed E-state index contributed by atoms with van der Waals surface area (Å²) >= 11 is 0. The maximum Gasteiger partial charge on any atom is 0.0716 e. The van der Waals surface area contributed by atoms with E-state index in [9.17, 15) is 0 Å². The van der Waals surface area contributed by atoms with Crippen molar-refractivity contribution >= 4 is 10.9 Å². The average molecular weight is 442 g/mol. The number of aromatic nitrogens is 1. The lowest BCUT2D eigenvalue weighted by molar-refractivity contribution is 0.667. The molecule has 168 valence electrons. The van der Waals surface area contributed by atoms with Gasteiger partial charge >= 0.3 is 0 Å². The van der Waals surface area contributed by atoms with Crippen LogP contribution in [0.4, 0.5) is 0 Å². The third-order valence-corrected chi connectivity index (χ3v) is 6.59. The zero-order chi connectivity index (χ0) is 23.2. The van der Waals surface area contributed by atoms with Crippen molar-refractivity contribution in [2.24, 2.45) is 0 Å². The topological polar surface area (TPSA) is 12.9 Å². The van der Waals surface area contributed by atoms with Crippen LogP contribution in [0.1, 0.15) is 38.2 Å². The molecular weight excluding hydrogens is 410 g/mol. The standard InChI is InChI=1S/C33H31N/c1-2-3-4-6-14-25-17-9-10-20-29(25)27-18-13-19-28(23-27)33-24-31(26-15-7-5-8-16-26)30-21-11-12-22-32(30)34-33/h5,7-13,15-24H,2-4,6,14H2,1H3. The normalized spacial score (nSPS) is 11.1. The van der Waals surface area contributed by atoms with Crippen LogP contribution in [0.3, 0.4) is 0 Å². The average Bonchev–Trinajstić information content (AvgIpc) is 2.91. The van der Waals surface area contributed by atoms with Crippen molar-refractivity contribution in [3.05, 3.63) is 115 Å². The first-order chi connectivity index (χ1) is 16.8. The van der Waals surface area contributed by atoms with Crippen molar-refractivity contribution in [2.75, 3.05) is 0 Å². The van der Waals surface area contributed by atoms with Gasteiger partial charge in [0.1, 0.15) is 0 Å². The molecule has 0 aliphatic carbocycles. The SMILES string of the molecule is CCCCCCc1ccccc1-c1cccc(-c2cc(-c3ccccc3)c3ccccc3n2)c1. The van der Waals surface area contributed by atoms with Crippen molar-refractivity contribution in [3.63, 3.8) is 0 Å². The van der Waals surface area contributed by atoms with Gasteiger partial charge in [-0.3, -0.25) is 0 Å². The highest BCUT2D eigenvalue weighted by Gasteiger charge is 2.11. The number of benzene rings is 4. The molecule has 1 nitrogen and oxygen atoms in total. The predicted octanol–water partition coefficient (Wildman–Crippen LogP) is 9.36. The smallest absolute Gasteiger partial charge is 0.0716 e. The molecule has 1 heteroatoms. The number of nitrogens with zero attached hydrogens (tertiary/aromatic N) is 1. The minimum atomic E-state index is 1.01. The lowest BCUT2D eigenvalue weighted by atomic mass is 9.93. The van der Waals surface area contributed by atoms with Crippen LogP contribution >= 0.6 is 0 Å². The monoisotopic (exact) mass is 441 g/mol. The van der Waals surface area contributed by atoms with Crippen LogP contribution in [0, 0.1) is 0 Å². The largest absolute Gasteiger partial charge is 0.248 e. The summed E-state index contributed by atoms with van der Waals surface area (Å²) in [7, 11) is 0. The van der Waals surface area contributed by atoms with E-state index < -0.39 is 0 Å². The molecule has 1 aromatic heterocycles. The van der Waals surface area contributed by atoms with Crippen LogP contribution in [0.5, 0.6) is 0 Å². The molecular formula is C33H31N. The number of hydrogen-bond acceptors (Lipinski definition) is 1. The first kappa shape index (κ1) is 22.1. The van der Waals surface area contributed by atoms with Crippen LogP contribution in [-0.2, 0) is 6.42 Å². The van der Waals surface area contributed by atoms with E-state index in [0.29, 0.717) is 0 Å². The van der Waals surface area contributed by atoms with E-state index in [-0.39, 0.29) is 0 Å². The van der Waals surface area contributed by atoms with Crippen molar-refractivity contribution in [1.29, 1.82) is 0 Å². The van der Waals surface area contributed by atoms with Gasteiger partial charge in [0, 0.05) is 10.9 Å². The zero-order valence-corrected chi connectivity index (χ0v) is 19.9. The van der Waals surface area contributed by atoms with Gasteiger partial charge in [0.25, 0.3) is 0 Å². The highest BCUT2D eigenvalue weighted by atomic mass is 14.7. The van der Waals surface area contributed by atoms with Gasteiger partial charge in [-0.1, -0.05) is 117 Å². The van der Waals surface area contributed by atoms with Crippen LogP contribution in [0.25, 0.3) is 44.4 Å². The fourth-order valence-electron chi connectivity index (χ4n) is 4.79. The predicted molar refractivity (Wildman–Crippen MR) is 146 cm³/mol. The zero-order valence-electron chi connectivity index (χ0n) is 19.9. The third-order valence-electron chi connectivity index (χ3n) is 6.59. The van der Waals surface area contributed by atoms with Gasteiger partial charge in [-0.2, -0.15) is 0 Å². The molecule has 5 aromatic rings. The van der Waals surface area contributed by atoms with E-state index in [1.54, 1.807) is 0 Å². The van der Waals surface area contributed by atoms with E-state index in [0.717, 1.165) is 23.2 Å². The fourth-order valence-corrected chi connectivity index (χ4v) is 4.79. The summed E-state index contributed by atoms with van der Waals surface area (Å²) in [6, 6.07) is 39.0. The molecule has 0 spiro atoms. The Morgan fingerprint density at radius 3 is 2.18 bits per heavy atom. The minimum Gasteiger partial charge on any atom is -0.248 e. The van der Waals surface area contributed by atoms with E-state index in [4.69, 9.17) is 4.98 Å². The molecule has 0 aliphatic rings. The number of para-hydroxylation sites is 1.